The van der Waals surface area contributed by atoms with Gasteiger partial charge in [0.1, 0.15) is 0 Å². The number of rotatable bonds is 4. The summed E-state index contributed by atoms with van der Waals surface area (Å²) in [6.45, 7) is 1.88. The van der Waals surface area contributed by atoms with Crippen LogP contribution in [0.1, 0.15) is 26.3 Å². The zero-order valence-electron chi connectivity index (χ0n) is 14.1. The number of halogens is 1. The molecule has 0 bridgehead atoms. The summed E-state index contributed by atoms with van der Waals surface area (Å²) in [6, 6.07) is 21.2. The van der Waals surface area contributed by atoms with E-state index in [1.807, 2.05) is 25.1 Å². The highest BCUT2D eigenvalue weighted by molar-refractivity contribution is 6.34. The minimum atomic E-state index is -0.307. The molecule has 0 fully saturated rings. The van der Waals surface area contributed by atoms with Gasteiger partial charge in [0.15, 0.2) is 0 Å². The highest BCUT2D eigenvalue weighted by Crippen LogP contribution is 2.20. The zero-order valence-corrected chi connectivity index (χ0v) is 14.9. The molecule has 0 radical (unpaired) electrons. The molecular formula is C21H17ClN2O2. The van der Waals surface area contributed by atoms with Crippen molar-refractivity contribution < 1.29 is 9.59 Å². The van der Waals surface area contributed by atoms with E-state index in [4.69, 9.17) is 11.6 Å². The van der Waals surface area contributed by atoms with Gasteiger partial charge in [0, 0.05) is 16.9 Å². The summed E-state index contributed by atoms with van der Waals surface area (Å²) < 4.78 is 0. The Labute approximate surface area is 156 Å². The van der Waals surface area contributed by atoms with Gasteiger partial charge in [-0.2, -0.15) is 0 Å². The van der Waals surface area contributed by atoms with Gasteiger partial charge in [-0.1, -0.05) is 48.0 Å². The minimum absolute atomic E-state index is 0.197. The molecule has 0 saturated carbocycles. The van der Waals surface area contributed by atoms with Crippen LogP contribution in [-0.2, 0) is 0 Å². The molecule has 26 heavy (non-hydrogen) atoms. The number of aryl methyl sites for hydroxylation is 1. The second kappa shape index (κ2) is 7.85. The first-order valence-corrected chi connectivity index (χ1v) is 8.45. The first-order valence-electron chi connectivity index (χ1n) is 8.07. The lowest BCUT2D eigenvalue weighted by Gasteiger charge is -2.10. The molecule has 0 aliphatic carbocycles. The molecule has 0 saturated heterocycles. The molecule has 2 N–H and O–H groups in total. The fraction of sp³-hybridized carbons (Fsp3) is 0.0476. The maximum Gasteiger partial charge on any atom is 0.257 e. The summed E-state index contributed by atoms with van der Waals surface area (Å²) in [5.41, 5.74) is 3.06. The monoisotopic (exact) mass is 364 g/mol. The van der Waals surface area contributed by atoms with E-state index in [0.717, 1.165) is 5.56 Å². The lowest BCUT2D eigenvalue weighted by Crippen LogP contribution is -2.15. The highest BCUT2D eigenvalue weighted by atomic mass is 35.5. The van der Waals surface area contributed by atoms with Gasteiger partial charge in [-0.05, 0) is 48.9 Å². The number of amides is 2. The van der Waals surface area contributed by atoms with Gasteiger partial charge in [0.2, 0.25) is 0 Å². The SMILES string of the molecule is Cc1ccccc1C(=O)Nc1cccc(NC(=O)c2ccccc2Cl)c1. The van der Waals surface area contributed by atoms with E-state index in [0.29, 0.717) is 27.5 Å². The lowest BCUT2D eigenvalue weighted by molar-refractivity contribution is 0.101. The Morgan fingerprint density at radius 1 is 0.731 bits per heavy atom. The van der Waals surface area contributed by atoms with Gasteiger partial charge < -0.3 is 10.6 Å². The van der Waals surface area contributed by atoms with Gasteiger partial charge in [-0.25, -0.2) is 0 Å². The number of hydrogen-bond acceptors (Lipinski definition) is 2. The van der Waals surface area contributed by atoms with Crippen LogP contribution in [0.2, 0.25) is 5.02 Å². The van der Waals surface area contributed by atoms with Crippen molar-refractivity contribution in [3.8, 4) is 0 Å². The molecule has 5 heteroatoms. The maximum atomic E-state index is 12.4. The minimum Gasteiger partial charge on any atom is -0.322 e. The average molecular weight is 365 g/mol. The summed E-state index contributed by atoms with van der Waals surface area (Å²) in [7, 11) is 0. The average Bonchev–Trinajstić information content (AvgIpc) is 2.62. The molecule has 0 unspecified atom stereocenters. The number of nitrogens with one attached hydrogen (secondary N) is 2. The van der Waals surface area contributed by atoms with Gasteiger partial charge in [-0.3, -0.25) is 9.59 Å². The molecular weight excluding hydrogens is 348 g/mol. The fourth-order valence-corrected chi connectivity index (χ4v) is 2.77. The number of anilines is 2. The zero-order chi connectivity index (χ0) is 18.5. The summed E-state index contributed by atoms with van der Waals surface area (Å²) in [6.07, 6.45) is 0. The van der Waals surface area contributed by atoms with E-state index in [1.165, 1.54) is 0 Å². The van der Waals surface area contributed by atoms with Crippen molar-refractivity contribution in [3.05, 3.63) is 94.5 Å². The van der Waals surface area contributed by atoms with Crippen molar-refractivity contribution >= 4 is 34.8 Å². The molecule has 3 rings (SSSR count). The van der Waals surface area contributed by atoms with Crippen LogP contribution < -0.4 is 10.6 Å². The van der Waals surface area contributed by atoms with Crippen LogP contribution >= 0.6 is 11.6 Å². The van der Waals surface area contributed by atoms with Crippen LogP contribution in [0.3, 0.4) is 0 Å². The Hall–Kier alpha value is -3.11. The van der Waals surface area contributed by atoms with E-state index in [1.54, 1.807) is 54.6 Å². The van der Waals surface area contributed by atoms with Crippen LogP contribution in [0.25, 0.3) is 0 Å². The maximum absolute atomic E-state index is 12.4. The van der Waals surface area contributed by atoms with Crippen molar-refractivity contribution in [3.63, 3.8) is 0 Å². The number of carbonyl (C=O) groups excluding carboxylic acids is 2. The molecule has 3 aromatic rings. The third kappa shape index (κ3) is 4.10. The summed E-state index contributed by atoms with van der Waals surface area (Å²) in [5.74, 6) is -0.504. The van der Waals surface area contributed by atoms with Crippen molar-refractivity contribution in [1.29, 1.82) is 0 Å². The van der Waals surface area contributed by atoms with Gasteiger partial charge >= 0.3 is 0 Å². The van der Waals surface area contributed by atoms with Crippen molar-refractivity contribution in [2.75, 3.05) is 10.6 Å². The smallest absolute Gasteiger partial charge is 0.257 e. The van der Waals surface area contributed by atoms with Crippen LogP contribution in [0, 0.1) is 6.92 Å². The molecule has 0 spiro atoms. The summed E-state index contributed by atoms with van der Waals surface area (Å²) in [4.78, 5) is 24.8. The molecule has 4 nitrogen and oxygen atoms in total. The van der Waals surface area contributed by atoms with E-state index < -0.39 is 0 Å². The molecule has 130 valence electrons. The molecule has 2 amide bonds. The third-order valence-electron chi connectivity index (χ3n) is 3.89. The Morgan fingerprint density at radius 2 is 1.27 bits per heavy atom. The number of carbonyl (C=O) groups is 2. The topological polar surface area (TPSA) is 58.2 Å². The molecule has 0 heterocycles. The van der Waals surface area contributed by atoms with E-state index in [-0.39, 0.29) is 11.8 Å². The fourth-order valence-electron chi connectivity index (χ4n) is 2.54. The second-order valence-electron chi connectivity index (χ2n) is 5.78. The largest absolute Gasteiger partial charge is 0.322 e. The van der Waals surface area contributed by atoms with Crippen LogP contribution in [0.15, 0.2) is 72.8 Å². The van der Waals surface area contributed by atoms with Crippen molar-refractivity contribution in [2.45, 2.75) is 6.92 Å². The Bertz CT molecular complexity index is 895. The van der Waals surface area contributed by atoms with Gasteiger partial charge in [-0.15, -0.1) is 0 Å². The Balaban J connectivity index is 1.74. The standard InChI is InChI=1S/C21H17ClN2O2/c1-14-7-2-3-10-17(14)20(25)23-15-8-6-9-16(13-15)24-21(26)18-11-4-5-12-19(18)22/h2-13H,1H3,(H,23,25)(H,24,26). The summed E-state index contributed by atoms with van der Waals surface area (Å²) >= 11 is 6.05. The quantitative estimate of drug-likeness (QED) is 0.672. The Morgan fingerprint density at radius 3 is 1.88 bits per heavy atom. The third-order valence-corrected chi connectivity index (χ3v) is 4.22. The van der Waals surface area contributed by atoms with Crippen LogP contribution in [0.4, 0.5) is 11.4 Å². The van der Waals surface area contributed by atoms with Crippen LogP contribution in [-0.4, -0.2) is 11.8 Å². The highest BCUT2D eigenvalue weighted by Gasteiger charge is 2.11. The molecule has 0 aliphatic heterocycles. The second-order valence-corrected chi connectivity index (χ2v) is 6.19. The van der Waals surface area contributed by atoms with Gasteiger partial charge in [0.25, 0.3) is 11.8 Å². The predicted molar refractivity (Wildman–Crippen MR) is 105 cm³/mol. The Kier molecular flexibility index (Phi) is 5.34. The van der Waals surface area contributed by atoms with Gasteiger partial charge in [0.05, 0.1) is 10.6 Å². The summed E-state index contributed by atoms with van der Waals surface area (Å²) in [5, 5.41) is 6.02. The molecule has 0 aliphatic rings. The van der Waals surface area contributed by atoms with Crippen LogP contribution in [0.5, 0.6) is 0 Å². The first kappa shape index (κ1) is 17.7. The number of hydrogen-bond donors (Lipinski definition) is 2. The van der Waals surface area contributed by atoms with E-state index in [9.17, 15) is 9.59 Å². The predicted octanol–water partition coefficient (Wildman–Crippen LogP) is 5.15. The molecule has 0 aromatic heterocycles. The molecule has 3 aromatic carbocycles. The van der Waals surface area contributed by atoms with E-state index >= 15 is 0 Å². The molecule has 0 atom stereocenters. The normalized spacial score (nSPS) is 10.2. The number of benzene rings is 3. The van der Waals surface area contributed by atoms with E-state index in [2.05, 4.69) is 10.6 Å². The lowest BCUT2D eigenvalue weighted by atomic mass is 10.1. The first-order chi connectivity index (χ1) is 12.5. The van der Waals surface area contributed by atoms with Crippen molar-refractivity contribution in [2.24, 2.45) is 0 Å². The van der Waals surface area contributed by atoms with Crippen molar-refractivity contribution in [1.82, 2.24) is 0 Å².